The lowest BCUT2D eigenvalue weighted by atomic mass is 9.85. The maximum atomic E-state index is 12.0. The number of ether oxygens (including phenoxy) is 4. The molecule has 0 amide bonds. The monoisotopic (exact) mass is 314 g/mol. The zero-order valence-corrected chi connectivity index (χ0v) is 13.3. The molecule has 0 saturated heterocycles. The lowest BCUT2D eigenvalue weighted by Crippen LogP contribution is -2.22. The van der Waals surface area contributed by atoms with Crippen molar-refractivity contribution in [1.29, 1.82) is 0 Å². The number of fused-ring (bicyclic) bond motifs is 1. The number of methoxy groups -OCH3 is 3. The summed E-state index contributed by atoms with van der Waals surface area (Å²) in [5, 5.41) is 0. The Balaban J connectivity index is 2.25. The Morgan fingerprint density at radius 2 is 1.70 bits per heavy atom. The zero-order chi connectivity index (χ0) is 16.4. The molecule has 1 aliphatic heterocycles. The Morgan fingerprint density at radius 1 is 1.00 bits per heavy atom. The highest BCUT2D eigenvalue weighted by Crippen LogP contribution is 2.52. The predicted octanol–water partition coefficient (Wildman–Crippen LogP) is 3.15. The number of benzene rings is 2. The number of hydrogen-bond donors (Lipinski definition) is 0. The average molecular weight is 314 g/mol. The van der Waals surface area contributed by atoms with Crippen molar-refractivity contribution in [3.05, 3.63) is 47.5 Å². The molecule has 0 unspecified atom stereocenters. The molecule has 0 aliphatic carbocycles. The van der Waals surface area contributed by atoms with Crippen LogP contribution < -0.4 is 18.9 Å². The molecule has 0 N–H and O–H groups in total. The molecule has 0 radical (unpaired) electrons. The fourth-order valence-corrected chi connectivity index (χ4v) is 2.97. The second-order valence-electron chi connectivity index (χ2n) is 5.20. The van der Waals surface area contributed by atoms with Crippen molar-refractivity contribution in [2.45, 2.75) is 12.3 Å². The lowest BCUT2D eigenvalue weighted by molar-refractivity contribution is -0.135. The van der Waals surface area contributed by atoms with Gasteiger partial charge in [-0.3, -0.25) is 4.79 Å². The van der Waals surface area contributed by atoms with Gasteiger partial charge in [0.2, 0.25) is 5.75 Å². The van der Waals surface area contributed by atoms with Gasteiger partial charge in [-0.1, -0.05) is 30.3 Å². The first-order chi connectivity index (χ1) is 11.2. The molecule has 5 nitrogen and oxygen atoms in total. The van der Waals surface area contributed by atoms with E-state index in [-0.39, 0.29) is 18.3 Å². The van der Waals surface area contributed by atoms with E-state index in [1.807, 2.05) is 30.3 Å². The van der Waals surface area contributed by atoms with Gasteiger partial charge in [-0.25, -0.2) is 0 Å². The van der Waals surface area contributed by atoms with E-state index in [0.717, 1.165) is 11.1 Å². The zero-order valence-electron chi connectivity index (χ0n) is 13.3. The SMILES string of the molecule is COc1cc2c(c(OC)c1OC)[C@@H](c1ccccc1)CC(=O)O2. The minimum absolute atomic E-state index is 0.151. The smallest absolute Gasteiger partial charge is 0.312 e. The van der Waals surface area contributed by atoms with Crippen LogP contribution in [-0.4, -0.2) is 27.3 Å². The van der Waals surface area contributed by atoms with Crippen molar-refractivity contribution < 1.29 is 23.7 Å². The van der Waals surface area contributed by atoms with Crippen LogP contribution in [0.3, 0.4) is 0 Å². The van der Waals surface area contributed by atoms with Crippen LogP contribution in [0.15, 0.2) is 36.4 Å². The van der Waals surface area contributed by atoms with Crippen molar-refractivity contribution in [3.63, 3.8) is 0 Å². The molecule has 1 aliphatic rings. The van der Waals surface area contributed by atoms with Crippen LogP contribution in [0.1, 0.15) is 23.5 Å². The molecule has 5 heteroatoms. The third kappa shape index (κ3) is 2.59. The molecule has 0 spiro atoms. The van der Waals surface area contributed by atoms with Gasteiger partial charge in [-0.05, 0) is 5.56 Å². The van der Waals surface area contributed by atoms with E-state index in [0.29, 0.717) is 23.0 Å². The van der Waals surface area contributed by atoms with Gasteiger partial charge >= 0.3 is 5.97 Å². The molecule has 0 saturated carbocycles. The summed E-state index contributed by atoms with van der Waals surface area (Å²) in [6.07, 6.45) is 0.253. The van der Waals surface area contributed by atoms with Crippen LogP contribution in [0.25, 0.3) is 0 Å². The van der Waals surface area contributed by atoms with Crippen molar-refractivity contribution >= 4 is 5.97 Å². The summed E-state index contributed by atoms with van der Waals surface area (Å²) in [6.45, 7) is 0. The summed E-state index contributed by atoms with van der Waals surface area (Å²) in [7, 11) is 4.65. The van der Waals surface area contributed by atoms with Gasteiger partial charge in [-0.2, -0.15) is 0 Å². The summed E-state index contributed by atoms with van der Waals surface area (Å²) in [6, 6.07) is 11.5. The van der Waals surface area contributed by atoms with E-state index in [1.54, 1.807) is 20.3 Å². The lowest BCUT2D eigenvalue weighted by Gasteiger charge is -2.28. The number of hydrogen-bond acceptors (Lipinski definition) is 5. The van der Waals surface area contributed by atoms with E-state index >= 15 is 0 Å². The summed E-state index contributed by atoms with van der Waals surface area (Å²) in [5.41, 5.74) is 1.83. The summed E-state index contributed by atoms with van der Waals surface area (Å²) >= 11 is 0. The van der Waals surface area contributed by atoms with Crippen molar-refractivity contribution in [1.82, 2.24) is 0 Å². The number of rotatable bonds is 4. The van der Waals surface area contributed by atoms with Gasteiger partial charge in [0.25, 0.3) is 0 Å². The van der Waals surface area contributed by atoms with Gasteiger partial charge < -0.3 is 18.9 Å². The Morgan fingerprint density at radius 3 is 2.30 bits per heavy atom. The second kappa shape index (κ2) is 6.20. The molecule has 3 rings (SSSR count). The predicted molar refractivity (Wildman–Crippen MR) is 84.6 cm³/mol. The van der Waals surface area contributed by atoms with E-state index in [2.05, 4.69) is 0 Å². The van der Waals surface area contributed by atoms with Crippen LogP contribution in [-0.2, 0) is 4.79 Å². The van der Waals surface area contributed by atoms with Crippen molar-refractivity contribution in [3.8, 4) is 23.0 Å². The van der Waals surface area contributed by atoms with Gasteiger partial charge in [0, 0.05) is 17.5 Å². The molecule has 23 heavy (non-hydrogen) atoms. The highest BCUT2D eigenvalue weighted by molar-refractivity contribution is 5.80. The van der Waals surface area contributed by atoms with Gasteiger partial charge in [0.05, 0.1) is 27.8 Å². The van der Waals surface area contributed by atoms with Gasteiger partial charge in [-0.15, -0.1) is 0 Å². The fraction of sp³-hybridized carbons (Fsp3) is 0.278. The second-order valence-corrected chi connectivity index (χ2v) is 5.20. The van der Waals surface area contributed by atoms with Gasteiger partial charge in [0.1, 0.15) is 5.75 Å². The Hall–Kier alpha value is -2.69. The summed E-state index contributed by atoms with van der Waals surface area (Å²) in [5.74, 6) is 1.51. The molecular weight excluding hydrogens is 296 g/mol. The van der Waals surface area contributed by atoms with Crippen molar-refractivity contribution in [2.75, 3.05) is 21.3 Å². The van der Waals surface area contributed by atoms with E-state index in [9.17, 15) is 4.79 Å². The highest BCUT2D eigenvalue weighted by atomic mass is 16.5. The Kier molecular flexibility index (Phi) is 4.10. The maximum Gasteiger partial charge on any atom is 0.312 e. The minimum Gasteiger partial charge on any atom is -0.493 e. The molecule has 120 valence electrons. The molecule has 2 aromatic carbocycles. The van der Waals surface area contributed by atoms with Crippen molar-refractivity contribution in [2.24, 2.45) is 0 Å². The van der Waals surface area contributed by atoms with E-state index in [4.69, 9.17) is 18.9 Å². The first-order valence-electron chi connectivity index (χ1n) is 7.28. The van der Waals surface area contributed by atoms with Crippen LogP contribution >= 0.6 is 0 Å². The molecular formula is C18H18O5. The van der Waals surface area contributed by atoms with Crippen LogP contribution in [0.2, 0.25) is 0 Å². The quantitative estimate of drug-likeness (QED) is 0.641. The first kappa shape index (κ1) is 15.2. The average Bonchev–Trinajstić information content (AvgIpc) is 2.59. The largest absolute Gasteiger partial charge is 0.493 e. The molecule has 2 aromatic rings. The van der Waals surface area contributed by atoms with Gasteiger partial charge in [0.15, 0.2) is 11.5 Å². The Bertz CT molecular complexity index is 724. The maximum absolute atomic E-state index is 12.0. The van der Waals surface area contributed by atoms with E-state index in [1.165, 1.54) is 7.11 Å². The van der Waals surface area contributed by atoms with Crippen LogP contribution in [0.4, 0.5) is 0 Å². The summed E-state index contributed by atoms with van der Waals surface area (Å²) in [4.78, 5) is 12.0. The topological polar surface area (TPSA) is 54.0 Å². The number of esters is 1. The number of carbonyl (C=O) groups is 1. The fourth-order valence-electron chi connectivity index (χ4n) is 2.97. The highest BCUT2D eigenvalue weighted by Gasteiger charge is 2.34. The number of carbonyl (C=O) groups excluding carboxylic acids is 1. The third-order valence-corrected chi connectivity index (χ3v) is 3.98. The Labute approximate surface area is 134 Å². The normalized spacial score (nSPS) is 16.3. The first-order valence-corrected chi connectivity index (χ1v) is 7.28. The molecule has 0 fully saturated rings. The van der Waals surface area contributed by atoms with Crippen LogP contribution in [0, 0.1) is 0 Å². The standard InChI is InChI=1S/C18H18O5/c1-20-14-10-13-16(18(22-3)17(14)21-2)12(9-15(19)23-13)11-7-5-4-6-8-11/h4-8,10,12H,9H2,1-3H3/t12-/m1/s1. The molecule has 1 atom stereocenters. The minimum atomic E-state index is -0.277. The molecule has 0 bridgehead atoms. The third-order valence-electron chi connectivity index (χ3n) is 3.98. The van der Waals surface area contributed by atoms with E-state index < -0.39 is 0 Å². The molecule has 0 aromatic heterocycles. The van der Waals surface area contributed by atoms with Crippen LogP contribution in [0.5, 0.6) is 23.0 Å². The summed E-state index contributed by atoms with van der Waals surface area (Å²) < 4.78 is 21.8. The molecule has 1 heterocycles.